The van der Waals surface area contributed by atoms with Gasteiger partial charge < -0.3 is 4.74 Å². The molecule has 0 unspecified atom stereocenters. The lowest BCUT2D eigenvalue weighted by Gasteiger charge is -2.05. The Kier molecular flexibility index (Phi) is 29.0. The Morgan fingerprint density at radius 3 is 1.00 bits per heavy atom. The van der Waals surface area contributed by atoms with Crippen LogP contribution in [0.5, 0.6) is 0 Å². The maximum absolute atomic E-state index is 11.8. The van der Waals surface area contributed by atoms with Gasteiger partial charge in [0.25, 0.3) is 0 Å². The molecule has 0 bridgehead atoms. The molecule has 0 atom stereocenters. The van der Waals surface area contributed by atoms with Crippen molar-refractivity contribution in [3.63, 3.8) is 0 Å². The second-order valence-corrected chi connectivity index (χ2v) is 10.5. The third-order valence-electron chi connectivity index (χ3n) is 7.00. The predicted molar refractivity (Wildman–Crippen MR) is 147 cm³/mol. The zero-order valence-electron chi connectivity index (χ0n) is 23.1. The van der Waals surface area contributed by atoms with Crippen molar-refractivity contribution < 1.29 is 9.53 Å². The third kappa shape index (κ3) is 29.4. The highest BCUT2D eigenvalue weighted by molar-refractivity contribution is 5.69. The average Bonchev–Trinajstić information content (AvgIpc) is 2.82. The van der Waals surface area contributed by atoms with Gasteiger partial charge in [-0.25, -0.2) is 0 Å². The summed E-state index contributed by atoms with van der Waals surface area (Å²) in [5.41, 5.74) is 0. The van der Waals surface area contributed by atoms with E-state index in [2.05, 4.69) is 13.8 Å². The van der Waals surface area contributed by atoms with E-state index in [4.69, 9.17) is 4.74 Å². The molecule has 0 fully saturated rings. The van der Waals surface area contributed by atoms with E-state index in [9.17, 15) is 4.79 Å². The summed E-state index contributed by atoms with van der Waals surface area (Å²) in [7, 11) is 0. The predicted octanol–water partition coefficient (Wildman–Crippen LogP) is 11.1. The number of ether oxygens (including phenoxy) is 1. The van der Waals surface area contributed by atoms with Crippen molar-refractivity contribution in [2.45, 2.75) is 187 Å². The van der Waals surface area contributed by atoms with Gasteiger partial charge in [-0.3, -0.25) is 4.79 Å². The normalized spacial score (nSPS) is 11.2. The molecule has 0 aromatic carbocycles. The summed E-state index contributed by atoms with van der Waals surface area (Å²) < 4.78 is 5.37. The molecule has 0 saturated heterocycles. The average molecular weight is 467 g/mol. The number of rotatable bonds is 28. The van der Waals surface area contributed by atoms with Crippen LogP contribution >= 0.6 is 0 Å². The van der Waals surface area contributed by atoms with E-state index >= 15 is 0 Å². The maximum atomic E-state index is 11.8. The van der Waals surface area contributed by atoms with Crippen LogP contribution in [0.2, 0.25) is 0 Å². The lowest BCUT2D eigenvalue weighted by atomic mass is 10.0. The van der Waals surface area contributed by atoms with Crippen LogP contribution in [0.4, 0.5) is 0 Å². The summed E-state index contributed by atoms with van der Waals surface area (Å²) in [5.74, 6) is 0.0213. The molecule has 0 aliphatic rings. The van der Waals surface area contributed by atoms with E-state index in [1.807, 2.05) is 0 Å². The van der Waals surface area contributed by atoms with Gasteiger partial charge in [-0.05, 0) is 12.8 Å². The van der Waals surface area contributed by atoms with Gasteiger partial charge in [0.15, 0.2) is 0 Å². The third-order valence-corrected chi connectivity index (χ3v) is 7.00. The van der Waals surface area contributed by atoms with Crippen LogP contribution in [0, 0.1) is 0 Å². The summed E-state index contributed by atoms with van der Waals surface area (Å²) >= 11 is 0. The number of hydrogen-bond donors (Lipinski definition) is 0. The molecule has 0 aliphatic heterocycles. The molecule has 0 aromatic rings. The van der Waals surface area contributed by atoms with Crippen molar-refractivity contribution in [1.82, 2.24) is 0 Å². The molecule has 0 heterocycles. The SMILES string of the molecule is CCCCCCCCCCCCCCCCCCCCCC(=O)OCCCCCCCCC. The maximum Gasteiger partial charge on any atom is 0.305 e. The van der Waals surface area contributed by atoms with Crippen LogP contribution < -0.4 is 0 Å². The van der Waals surface area contributed by atoms with Gasteiger partial charge in [-0.2, -0.15) is 0 Å². The summed E-state index contributed by atoms with van der Waals surface area (Å²) in [6, 6.07) is 0. The lowest BCUT2D eigenvalue weighted by molar-refractivity contribution is -0.143. The zero-order chi connectivity index (χ0) is 24.1. The molecule has 0 spiro atoms. The molecule has 2 nitrogen and oxygen atoms in total. The summed E-state index contributed by atoms with van der Waals surface area (Å²) in [6.45, 7) is 5.17. The zero-order valence-corrected chi connectivity index (χ0v) is 23.1. The molecule has 198 valence electrons. The van der Waals surface area contributed by atoms with Gasteiger partial charge in [0.1, 0.15) is 0 Å². The highest BCUT2D eigenvalue weighted by atomic mass is 16.5. The van der Waals surface area contributed by atoms with Crippen LogP contribution in [0.15, 0.2) is 0 Å². The largest absolute Gasteiger partial charge is 0.466 e. The Balaban J connectivity index is 3.11. The molecule has 0 aliphatic carbocycles. The molecule has 0 rings (SSSR count). The fourth-order valence-corrected chi connectivity index (χ4v) is 4.67. The second kappa shape index (κ2) is 29.5. The minimum Gasteiger partial charge on any atom is -0.466 e. The number of esters is 1. The van der Waals surface area contributed by atoms with Gasteiger partial charge in [0.05, 0.1) is 6.61 Å². The van der Waals surface area contributed by atoms with E-state index in [1.165, 1.54) is 154 Å². The van der Waals surface area contributed by atoms with Gasteiger partial charge in [-0.1, -0.05) is 168 Å². The fraction of sp³-hybridized carbons (Fsp3) is 0.968. The van der Waals surface area contributed by atoms with Gasteiger partial charge in [0.2, 0.25) is 0 Å². The van der Waals surface area contributed by atoms with E-state index in [0.717, 1.165) is 12.8 Å². The molecule has 0 N–H and O–H groups in total. The Labute approximate surface area is 209 Å². The Bertz CT molecular complexity index is 366. The van der Waals surface area contributed by atoms with E-state index in [-0.39, 0.29) is 5.97 Å². The first-order valence-corrected chi connectivity index (χ1v) is 15.5. The first kappa shape index (κ1) is 32.5. The van der Waals surface area contributed by atoms with E-state index in [1.54, 1.807) is 0 Å². The Morgan fingerprint density at radius 2 is 0.667 bits per heavy atom. The van der Waals surface area contributed by atoms with Crippen LogP contribution in [-0.2, 0) is 9.53 Å². The van der Waals surface area contributed by atoms with Crippen LogP contribution in [0.1, 0.15) is 187 Å². The number of hydrogen-bond acceptors (Lipinski definition) is 2. The van der Waals surface area contributed by atoms with Crippen molar-refractivity contribution >= 4 is 5.97 Å². The van der Waals surface area contributed by atoms with Crippen molar-refractivity contribution in [3.05, 3.63) is 0 Å². The van der Waals surface area contributed by atoms with Gasteiger partial charge >= 0.3 is 5.97 Å². The van der Waals surface area contributed by atoms with Crippen molar-refractivity contribution in [3.8, 4) is 0 Å². The fourth-order valence-electron chi connectivity index (χ4n) is 4.67. The highest BCUT2D eigenvalue weighted by Crippen LogP contribution is 2.15. The standard InChI is InChI=1S/C31H62O2/c1-3-5-7-9-11-12-13-14-15-16-17-18-19-20-21-22-23-25-27-29-31(32)33-30-28-26-24-10-8-6-4-2/h3-30H2,1-2H3. The number of carbonyl (C=O) groups is 1. The van der Waals surface area contributed by atoms with Crippen molar-refractivity contribution in [2.75, 3.05) is 6.61 Å². The Hall–Kier alpha value is -0.530. The molecule has 0 amide bonds. The molecular formula is C31H62O2. The number of carbonyl (C=O) groups excluding carboxylic acids is 1. The molecule has 0 saturated carbocycles. The lowest BCUT2D eigenvalue weighted by Crippen LogP contribution is -2.05. The smallest absolute Gasteiger partial charge is 0.305 e. The minimum atomic E-state index is 0.0213. The first-order chi connectivity index (χ1) is 16.3. The molecule has 33 heavy (non-hydrogen) atoms. The number of unbranched alkanes of at least 4 members (excludes halogenated alkanes) is 24. The van der Waals surface area contributed by atoms with Crippen molar-refractivity contribution in [1.29, 1.82) is 0 Å². The molecule has 0 aromatic heterocycles. The monoisotopic (exact) mass is 466 g/mol. The first-order valence-electron chi connectivity index (χ1n) is 15.5. The van der Waals surface area contributed by atoms with E-state index < -0.39 is 0 Å². The van der Waals surface area contributed by atoms with Gasteiger partial charge in [-0.15, -0.1) is 0 Å². The molecular weight excluding hydrogens is 404 g/mol. The minimum absolute atomic E-state index is 0.0213. The molecule has 0 radical (unpaired) electrons. The highest BCUT2D eigenvalue weighted by Gasteiger charge is 2.02. The van der Waals surface area contributed by atoms with Crippen molar-refractivity contribution in [2.24, 2.45) is 0 Å². The van der Waals surface area contributed by atoms with Crippen LogP contribution in [0.3, 0.4) is 0 Å². The summed E-state index contributed by atoms with van der Waals surface area (Å²) in [4.78, 5) is 11.8. The second-order valence-electron chi connectivity index (χ2n) is 10.5. The molecule has 2 heteroatoms. The van der Waals surface area contributed by atoms with E-state index in [0.29, 0.717) is 13.0 Å². The van der Waals surface area contributed by atoms with Crippen LogP contribution in [-0.4, -0.2) is 12.6 Å². The quantitative estimate of drug-likeness (QED) is 0.0846. The summed E-state index contributed by atoms with van der Waals surface area (Å²) in [5, 5.41) is 0. The topological polar surface area (TPSA) is 26.3 Å². The Morgan fingerprint density at radius 1 is 0.394 bits per heavy atom. The van der Waals surface area contributed by atoms with Crippen LogP contribution in [0.25, 0.3) is 0 Å². The summed E-state index contributed by atoms with van der Waals surface area (Å²) in [6.07, 6.45) is 35.8. The van der Waals surface area contributed by atoms with Gasteiger partial charge in [0, 0.05) is 6.42 Å².